The lowest BCUT2D eigenvalue weighted by atomic mass is 10.1. The van der Waals surface area contributed by atoms with Gasteiger partial charge < -0.3 is 14.6 Å². The van der Waals surface area contributed by atoms with Gasteiger partial charge in [-0.05, 0) is 83.5 Å². The van der Waals surface area contributed by atoms with Crippen LogP contribution in [-0.4, -0.2) is 37.0 Å². The minimum absolute atomic E-state index is 0.181. The third-order valence-electron chi connectivity index (χ3n) is 9.52. The van der Waals surface area contributed by atoms with E-state index in [9.17, 15) is 9.90 Å². The molecule has 0 aromatic heterocycles. The van der Waals surface area contributed by atoms with E-state index in [1.165, 1.54) is 135 Å². The molecule has 0 aromatic rings. The summed E-state index contributed by atoms with van der Waals surface area (Å²) in [7, 11) is 0. The minimum atomic E-state index is -0.546. The number of ether oxygens (including phenoxy) is 2. The molecule has 0 aliphatic rings. The Morgan fingerprint density at radius 3 is 1.28 bits per heavy atom. The van der Waals surface area contributed by atoms with Crippen LogP contribution in [0, 0.1) is 0 Å². The predicted molar refractivity (Wildman–Crippen MR) is 232 cm³/mol. The molecule has 1 atom stereocenters. The molecule has 4 heteroatoms. The van der Waals surface area contributed by atoms with Gasteiger partial charge in [0.2, 0.25) is 0 Å². The van der Waals surface area contributed by atoms with Gasteiger partial charge in [0, 0.05) is 13.0 Å². The number of aliphatic hydroxyl groups excluding tert-OH is 1. The van der Waals surface area contributed by atoms with Gasteiger partial charge in [0.05, 0.1) is 13.2 Å². The number of unbranched alkanes of at least 4 members (excludes halogenated alkanes) is 21. The van der Waals surface area contributed by atoms with Crippen molar-refractivity contribution in [1.29, 1.82) is 0 Å². The molecule has 0 saturated carbocycles. The Morgan fingerprint density at radius 1 is 0.472 bits per heavy atom. The second-order valence-electron chi connectivity index (χ2n) is 14.7. The lowest BCUT2D eigenvalue weighted by Gasteiger charge is -2.16. The zero-order valence-corrected chi connectivity index (χ0v) is 35.0. The number of esters is 1. The summed E-state index contributed by atoms with van der Waals surface area (Å²) >= 11 is 0. The average molecular weight is 739 g/mol. The molecule has 0 amide bonds. The standard InChI is InChI=1S/C49H86O4/c1-3-5-7-9-11-13-15-17-19-21-22-23-24-25-26-27-29-31-33-35-37-39-41-43-45-52-47-48(46-50)53-49(51)44-42-40-38-36-34-32-30-28-20-18-16-14-12-10-8-6-4-2/h6,8,12,14-15,17-18,20-22,24-25,48,50H,3-5,7,9-11,13,16,19,23,26-47H2,1-2H3/b8-6-,14-12-,17-15-,20-18-,22-21-,25-24-. The van der Waals surface area contributed by atoms with Crippen LogP contribution in [0.4, 0.5) is 0 Å². The third-order valence-corrected chi connectivity index (χ3v) is 9.52. The summed E-state index contributed by atoms with van der Waals surface area (Å²) in [5, 5.41) is 9.61. The van der Waals surface area contributed by atoms with Gasteiger partial charge >= 0.3 is 5.97 Å². The first-order valence-electron chi connectivity index (χ1n) is 22.5. The van der Waals surface area contributed by atoms with Crippen molar-refractivity contribution in [3.63, 3.8) is 0 Å². The fraction of sp³-hybridized carbons (Fsp3) is 0.735. The Kier molecular flexibility index (Phi) is 44.1. The molecule has 0 aliphatic heterocycles. The van der Waals surface area contributed by atoms with E-state index >= 15 is 0 Å². The number of carbonyl (C=O) groups excluding carboxylic acids is 1. The topological polar surface area (TPSA) is 55.8 Å². The van der Waals surface area contributed by atoms with Gasteiger partial charge in [0.15, 0.2) is 0 Å². The normalized spacial score (nSPS) is 13.0. The summed E-state index contributed by atoms with van der Waals surface area (Å²) in [6.07, 6.45) is 62.5. The van der Waals surface area contributed by atoms with Crippen LogP contribution in [0.5, 0.6) is 0 Å². The molecule has 0 radical (unpaired) electrons. The van der Waals surface area contributed by atoms with Crippen LogP contribution in [0.15, 0.2) is 72.9 Å². The first kappa shape index (κ1) is 50.8. The second kappa shape index (κ2) is 46.0. The molecule has 0 bridgehead atoms. The number of hydrogen-bond acceptors (Lipinski definition) is 4. The summed E-state index contributed by atoms with van der Waals surface area (Å²) in [6, 6.07) is 0. The highest BCUT2D eigenvalue weighted by Crippen LogP contribution is 2.13. The van der Waals surface area contributed by atoms with Crippen molar-refractivity contribution in [3.8, 4) is 0 Å². The van der Waals surface area contributed by atoms with Crippen molar-refractivity contribution < 1.29 is 19.4 Å². The van der Waals surface area contributed by atoms with Crippen molar-refractivity contribution in [3.05, 3.63) is 72.9 Å². The highest BCUT2D eigenvalue weighted by molar-refractivity contribution is 5.69. The Morgan fingerprint density at radius 2 is 0.849 bits per heavy atom. The minimum Gasteiger partial charge on any atom is -0.457 e. The lowest BCUT2D eigenvalue weighted by molar-refractivity contribution is -0.154. The SMILES string of the molecule is CC/C=C\C/C=C\C/C=C\CCCCCCCCCC(=O)OC(CO)COCCCCCCCCCCC/C=C\C/C=C\C/C=C\CCCCCCC. The van der Waals surface area contributed by atoms with Gasteiger partial charge in [-0.3, -0.25) is 4.79 Å². The molecule has 0 heterocycles. The monoisotopic (exact) mass is 739 g/mol. The van der Waals surface area contributed by atoms with Crippen molar-refractivity contribution in [2.24, 2.45) is 0 Å². The molecule has 0 rings (SSSR count). The Bertz CT molecular complexity index is 911. The van der Waals surface area contributed by atoms with Gasteiger partial charge in [-0.15, -0.1) is 0 Å². The van der Waals surface area contributed by atoms with Crippen LogP contribution in [0.25, 0.3) is 0 Å². The third kappa shape index (κ3) is 44.1. The van der Waals surface area contributed by atoms with E-state index in [1.807, 2.05) is 0 Å². The van der Waals surface area contributed by atoms with Crippen molar-refractivity contribution in [2.45, 2.75) is 213 Å². The highest BCUT2D eigenvalue weighted by atomic mass is 16.6. The van der Waals surface area contributed by atoms with E-state index in [4.69, 9.17) is 9.47 Å². The van der Waals surface area contributed by atoms with E-state index in [1.54, 1.807) is 0 Å². The number of carbonyl (C=O) groups is 1. The smallest absolute Gasteiger partial charge is 0.306 e. The number of hydrogen-bond donors (Lipinski definition) is 1. The summed E-state index contributed by atoms with van der Waals surface area (Å²) < 4.78 is 11.2. The Balaban J connectivity index is 3.47. The molecule has 4 nitrogen and oxygen atoms in total. The predicted octanol–water partition coefficient (Wildman–Crippen LogP) is 15.0. The van der Waals surface area contributed by atoms with Gasteiger partial charge in [-0.25, -0.2) is 0 Å². The lowest BCUT2D eigenvalue weighted by Crippen LogP contribution is -2.27. The van der Waals surface area contributed by atoms with Crippen LogP contribution < -0.4 is 0 Å². The fourth-order valence-corrected chi connectivity index (χ4v) is 6.17. The molecule has 1 N–H and O–H groups in total. The molecule has 0 fully saturated rings. The Hall–Kier alpha value is -2.17. The zero-order chi connectivity index (χ0) is 38.4. The van der Waals surface area contributed by atoms with Gasteiger partial charge in [-0.2, -0.15) is 0 Å². The number of allylic oxidation sites excluding steroid dienone is 12. The van der Waals surface area contributed by atoms with E-state index in [2.05, 4.69) is 86.8 Å². The van der Waals surface area contributed by atoms with Gasteiger partial charge in [0.25, 0.3) is 0 Å². The quantitative estimate of drug-likeness (QED) is 0.0385. The maximum Gasteiger partial charge on any atom is 0.306 e. The molecule has 0 saturated heterocycles. The summed E-state index contributed by atoms with van der Waals surface area (Å²) in [5.74, 6) is -0.214. The van der Waals surface area contributed by atoms with Crippen LogP contribution >= 0.6 is 0 Å². The zero-order valence-electron chi connectivity index (χ0n) is 35.0. The first-order valence-corrected chi connectivity index (χ1v) is 22.5. The van der Waals surface area contributed by atoms with Gasteiger partial charge in [-0.1, -0.05) is 189 Å². The van der Waals surface area contributed by atoms with E-state index in [-0.39, 0.29) is 19.2 Å². The Labute approximate surface area is 329 Å². The highest BCUT2D eigenvalue weighted by Gasteiger charge is 2.13. The summed E-state index contributed by atoms with van der Waals surface area (Å²) in [4.78, 5) is 12.2. The molecule has 0 spiro atoms. The maximum absolute atomic E-state index is 12.2. The summed E-state index contributed by atoms with van der Waals surface area (Å²) in [5.41, 5.74) is 0. The molecule has 306 valence electrons. The van der Waals surface area contributed by atoms with Crippen molar-refractivity contribution in [1.82, 2.24) is 0 Å². The van der Waals surface area contributed by atoms with E-state index in [0.717, 1.165) is 51.4 Å². The molecule has 0 aromatic carbocycles. The summed E-state index contributed by atoms with van der Waals surface area (Å²) in [6.45, 7) is 5.20. The van der Waals surface area contributed by atoms with Crippen LogP contribution in [0.1, 0.15) is 206 Å². The molecule has 1 unspecified atom stereocenters. The molecular weight excluding hydrogens is 653 g/mol. The van der Waals surface area contributed by atoms with Crippen LogP contribution in [-0.2, 0) is 14.3 Å². The fourth-order valence-electron chi connectivity index (χ4n) is 6.17. The van der Waals surface area contributed by atoms with Crippen molar-refractivity contribution in [2.75, 3.05) is 19.8 Å². The molecule has 0 aliphatic carbocycles. The second-order valence-corrected chi connectivity index (χ2v) is 14.7. The molecular formula is C49H86O4. The largest absolute Gasteiger partial charge is 0.457 e. The number of rotatable bonds is 41. The average Bonchev–Trinajstić information content (AvgIpc) is 3.16. The number of aliphatic hydroxyl groups is 1. The maximum atomic E-state index is 12.2. The van der Waals surface area contributed by atoms with Crippen LogP contribution in [0.2, 0.25) is 0 Å². The first-order chi connectivity index (χ1) is 26.2. The van der Waals surface area contributed by atoms with Gasteiger partial charge in [0.1, 0.15) is 6.10 Å². The van der Waals surface area contributed by atoms with Crippen LogP contribution in [0.3, 0.4) is 0 Å². The molecule has 53 heavy (non-hydrogen) atoms. The van der Waals surface area contributed by atoms with Crippen molar-refractivity contribution >= 4 is 5.97 Å². The van der Waals surface area contributed by atoms with E-state index in [0.29, 0.717) is 13.0 Å². The van der Waals surface area contributed by atoms with E-state index < -0.39 is 6.10 Å².